The quantitative estimate of drug-likeness (QED) is 0.830. The summed E-state index contributed by atoms with van der Waals surface area (Å²) in [5.74, 6) is -0.00452. The molecule has 0 atom stereocenters. The molecule has 1 amide bonds. The van der Waals surface area contributed by atoms with E-state index in [-0.39, 0.29) is 18.3 Å². The number of hydrogen-bond acceptors (Lipinski definition) is 3. The zero-order valence-electron chi connectivity index (χ0n) is 10.0. The molecule has 0 aliphatic heterocycles. The number of halogens is 1. The van der Waals surface area contributed by atoms with Crippen molar-refractivity contribution in [3.05, 3.63) is 35.2 Å². The van der Waals surface area contributed by atoms with E-state index in [0.29, 0.717) is 13.1 Å². The van der Waals surface area contributed by atoms with E-state index in [1.165, 1.54) is 4.70 Å². The Morgan fingerprint density at radius 1 is 1.28 bits per heavy atom. The molecule has 98 valence electrons. The van der Waals surface area contributed by atoms with Crippen LogP contribution in [0.5, 0.6) is 0 Å². The van der Waals surface area contributed by atoms with E-state index < -0.39 is 0 Å². The topological polar surface area (TPSA) is 55.1 Å². The van der Waals surface area contributed by atoms with Gasteiger partial charge in [-0.15, -0.1) is 23.7 Å². The minimum atomic E-state index is -0.00452. The van der Waals surface area contributed by atoms with Crippen molar-refractivity contribution >= 4 is 39.7 Å². The van der Waals surface area contributed by atoms with E-state index in [0.717, 1.165) is 23.8 Å². The fourth-order valence-electron chi connectivity index (χ4n) is 1.68. The van der Waals surface area contributed by atoms with Gasteiger partial charge in [-0.2, -0.15) is 0 Å². The van der Waals surface area contributed by atoms with E-state index in [9.17, 15) is 4.79 Å². The lowest BCUT2D eigenvalue weighted by Gasteiger charge is -2.04. The monoisotopic (exact) mass is 284 g/mol. The summed E-state index contributed by atoms with van der Waals surface area (Å²) in [5, 5.41) is 6.06. The molecule has 0 saturated heterocycles. The predicted molar refractivity (Wildman–Crippen MR) is 79.7 cm³/mol. The summed E-state index contributed by atoms with van der Waals surface area (Å²) in [6.07, 6.45) is 1.88. The van der Waals surface area contributed by atoms with Crippen LogP contribution in [0.1, 0.15) is 23.2 Å². The van der Waals surface area contributed by atoms with E-state index in [4.69, 9.17) is 5.73 Å². The average molecular weight is 285 g/mol. The van der Waals surface area contributed by atoms with E-state index in [1.807, 2.05) is 29.6 Å². The number of thiophene rings is 1. The van der Waals surface area contributed by atoms with Crippen LogP contribution >= 0.6 is 23.7 Å². The Balaban J connectivity index is 0.00000162. The Kier molecular flexibility index (Phi) is 6.12. The molecule has 2 aromatic rings. The molecule has 0 fully saturated rings. The Hall–Kier alpha value is -1.10. The SMILES string of the molecule is Cl.NCCCCNC(=O)c1ccc2sccc2c1. The van der Waals surface area contributed by atoms with Crippen molar-refractivity contribution in [2.75, 3.05) is 13.1 Å². The molecular weight excluding hydrogens is 268 g/mol. The summed E-state index contributed by atoms with van der Waals surface area (Å²) >= 11 is 1.69. The van der Waals surface area contributed by atoms with Gasteiger partial charge in [0, 0.05) is 16.8 Å². The number of nitrogens with one attached hydrogen (secondary N) is 1. The van der Waals surface area contributed by atoms with Gasteiger partial charge in [0.2, 0.25) is 0 Å². The molecule has 0 bridgehead atoms. The van der Waals surface area contributed by atoms with Gasteiger partial charge in [-0.3, -0.25) is 4.79 Å². The molecule has 3 nitrogen and oxygen atoms in total. The molecule has 1 heterocycles. The van der Waals surface area contributed by atoms with Crippen molar-refractivity contribution < 1.29 is 4.79 Å². The molecule has 0 spiro atoms. The van der Waals surface area contributed by atoms with Gasteiger partial charge in [0.1, 0.15) is 0 Å². The Bertz CT molecular complexity index is 512. The maximum Gasteiger partial charge on any atom is 0.251 e. The summed E-state index contributed by atoms with van der Waals surface area (Å²) in [6.45, 7) is 1.37. The van der Waals surface area contributed by atoms with Crippen LogP contribution in [0.2, 0.25) is 0 Å². The number of carbonyl (C=O) groups excluding carboxylic acids is 1. The van der Waals surface area contributed by atoms with Gasteiger partial charge in [0.05, 0.1) is 0 Å². The van der Waals surface area contributed by atoms with Crippen LogP contribution < -0.4 is 11.1 Å². The standard InChI is InChI=1S/C13H16N2OS.ClH/c14-6-1-2-7-15-13(16)11-3-4-12-10(9-11)5-8-17-12;/h3-5,8-9H,1-2,6-7,14H2,(H,15,16);1H. The predicted octanol–water partition coefficient (Wildman–Crippen LogP) is 2.79. The average Bonchev–Trinajstić information content (AvgIpc) is 2.81. The van der Waals surface area contributed by atoms with Crippen LogP contribution in [-0.4, -0.2) is 19.0 Å². The maximum absolute atomic E-state index is 11.8. The molecule has 18 heavy (non-hydrogen) atoms. The van der Waals surface area contributed by atoms with Gasteiger partial charge in [0.15, 0.2) is 0 Å². The van der Waals surface area contributed by atoms with Gasteiger partial charge in [-0.25, -0.2) is 0 Å². The molecule has 0 radical (unpaired) electrons. The number of unbranched alkanes of at least 4 members (excludes halogenated alkanes) is 1. The highest BCUT2D eigenvalue weighted by Crippen LogP contribution is 2.21. The van der Waals surface area contributed by atoms with E-state index in [2.05, 4.69) is 5.32 Å². The maximum atomic E-state index is 11.8. The number of rotatable bonds is 5. The molecule has 0 saturated carbocycles. The first-order valence-corrected chi connectivity index (χ1v) is 6.65. The Morgan fingerprint density at radius 2 is 2.11 bits per heavy atom. The number of amides is 1. The number of nitrogens with two attached hydrogens (primary N) is 1. The van der Waals surface area contributed by atoms with Gasteiger partial charge in [-0.1, -0.05) is 0 Å². The molecule has 2 rings (SSSR count). The normalized spacial score (nSPS) is 10.1. The van der Waals surface area contributed by atoms with Crippen LogP contribution in [0.15, 0.2) is 29.6 Å². The zero-order valence-corrected chi connectivity index (χ0v) is 11.7. The lowest BCUT2D eigenvalue weighted by atomic mass is 10.1. The van der Waals surface area contributed by atoms with Crippen molar-refractivity contribution in [2.24, 2.45) is 5.73 Å². The van der Waals surface area contributed by atoms with Crippen LogP contribution in [0.3, 0.4) is 0 Å². The van der Waals surface area contributed by atoms with Gasteiger partial charge in [0.25, 0.3) is 5.91 Å². The lowest BCUT2D eigenvalue weighted by Crippen LogP contribution is -2.24. The molecule has 5 heteroatoms. The third kappa shape index (κ3) is 3.70. The fourth-order valence-corrected chi connectivity index (χ4v) is 2.45. The van der Waals surface area contributed by atoms with Crippen molar-refractivity contribution in [3.63, 3.8) is 0 Å². The largest absolute Gasteiger partial charge is 0.352 e. The number of fused-ring (bicyclic) bond motifs is 1. The Morgan fingerprint density at radius 3 is 2.89 bits per heavy atom. The molecule has 1 aromatic carbocycles. The van der Waals surface area contributed by atoms with Crippen LogP contribution in [0, 0.1) is 0 Å². The highest BCUT2D eigenvalue weighted by molar-refractivity contribution is 7.17. The van der Waals surface area contributed by atoms with E-state index in [1.54, 1.807) is 11.3 Å². The molecule has 0 aliphatic carbocycles. The lowest BCUT2D eigenvalue weighted by molar-refractivity contribution is 0.0953. The van der Waals surface area contributed by atoms with Crippen molar-refractivity contribution in [1.29, 1.82) is 0 Å². The molecular formula is C13H17ClN2OS. The molecule has 3 N–H and O–H groups in total. The van der Waals surface area contributed by atoms with Crippen LogP contribution in [0.25, 0.3) is 10.1 Å². The first-order valence-electron chi connectivity index (χ1n) is 5.77. The summed E-state index contributed by atoms with van der Waals surface area (Å²) < 4.78 is 1.21. The van der Waals surface area contributed by atoms with Gasteiger partial charge < -0.3 is 11.1 Å². The van der Waals surface area contributed by atoms with Crippen molar-refractivity contribution in [3.8, 4) is 0 Å². The van der Waals surface area contributed by atoms with Gasteiger partial charge >= 0.3 is 0 Å². The third-order valence-electron chi connectivity index (χ3n) is 2.63. The highest BCUT2D eigenvalue weighted by atomic mass is 35.5. The zero-order chi connectivity index (χ0) is 12.1. The second kappa shape index (κ2) is 7.36. The first kappa shape index (κ1) is 15.0. The third-order valence-corrected chi connectivity index (χ3v) is 3.53. The number of benzene rings is 1. The minimum absolute atomic E-state index is 0. The second-order valence-electron chi connectivity index (χ2n) is 3.92. The highest BCUT2D eigenvalue weighted by Gasteiger charge is 2.05. The smallest absolute Gasteiger partial charge is 0.251 e. The van der Waals surface area contributed by atoms with Crippen molar-refractivity contribution in [1.82, 2.24) is 5.32 Å². The second-order valence-corrected chi connectivity index (χ2v) is 4.87. The fraction of sp³-hybridized carbons (Fsp3) is 0.308. The number of hydrogen-bond donors (Lipinski definition) is 2. The van der Waals surface area contributed by atoms with Gasteiger partial charge in [-0.05, 0) is 54.4 Å². The molecule has 0 aliphatic rings. The van der Waals surface area contributed by atoms with Crippen molar-refractivity contribution in [2.45, 2.75) is 12.8 Å². The summed E-state index contributed by atoms with van der Waals surface area (Å²) in [5.41, 5.74) is 6.12. The molecule has 0 unspecified atom stereocenters. The first-order chi connectivity index (χ1) is 8.31. The summed E-state index contributed by atoms with van der Waals surface area (Å²) in [6, 6.07) is 7.83. The van der Waals surface area contributed by atoms with E-state index >= 15 is 0 Å². The summed E-state index contributed by atoms with van der Waals surface area (Å²) in [7, 11) is 0. The molecule has 1 aromatic heterocycles. The van der Waals surface area contributed by atoms with Crippen LogP contribution in [-0.2, 0) is 0 Å². The Labute approximate surface area is 117 Å². The minimum Gasteiger partial charge on any atom is -0.352 e. The van der Waals surface area contributed by atoms with Crippen LogP contribution in [0.4, 0.5) is 0 Å². The summed E-state index contributed by atoms with van der Waals surface area (Å²) in [4.78, 5) is 11.8. The number of carbonyl (C=O) groups is 1.